The number of benzene rings is 1. The number of rotatable bonds is 2. The van der Waals surface area contributed by atoms with Gasteiger partial charge >= 0.3 is 6.09 Å². The Morgan fingerprint density at radius 1 is 1.28 bits per heavy atom. The van der Waals surface area contributed by atoms with Crippen molar-refractivity contribution >= 4 is 21.5 Å². The number of ether oxygens (including phenoxy) is 1. The highest BCUT2D eigenvalue weighted by molar-refractivity contribution is 7.91. The molecule has 6 heteroatoms. The van der Waals surface area contributed by atoms with E-state index in [1.165, 1.54) is 6.26 Å². The van der Waals surface area contributed by atoms with Gasteiger partial charge in [-0.05, 0) is 45.0 Å². The van der Waals surface area contributed by atoms with Crippen molar-refractivity contribution in [1.82, 2.24) is 0 Å². The highest BCUT2D eigenvalue weighted by atomic mass is 32.2. The van der Waals surface area contributed by atoms with E-state index in [-0.39, 0.29) is 0 Å². The van der Waals surface area contributed by atoms with Crippen LogP contribution in [-0.2, 0) is 14.5 Å². The lowest BCUT2D eigenvalue weighted by Gasteiger charge is -2.19. The van der Waals surface area contributed by atoms with Gasteiger partial charge in [0.05, 0.1) is 9.73 Å². The third-order valence-corrected chi connectivity index (χ3v) is 3.12. The van der Waals surface area contributed by atoms with Crippen LogP contribution in [0.3, 0.4) is 0 Å². The molecular weight excluding hydrogens is 252 g/mol. The number of anilines is 1. The predicted molar refractivity (Wildman–Crippen MR) is 71.4 cm³/mol. The molecule has 1 aromatic carbocycles. The fraction of sp³-hybridized carbons (Fsp3) is 0.417. The minimum absolute atomic E-state index is 0.428. The molecule has 5 nitrogen and oxygen atoms in total. The number of carbonyl (C=O) groups is 1. The van der Waals surface area contributed by atoms with E-state index in [9.17, 15) is 9.00 Å². The van der Waals surface area contributed by atoms with Gasteiger partial charge in [0.2, 0.25) is 0 Å². The van der Waals surface area contributed by atoms with E-state index in [1.54, 1.807) is 45.0 Å². The Morgan fingerprint density at radius 2 is 1.78 bits per heavy atom. The smallest absolute Gasteiger partial charge is 0.412 e. The summed E-state index contributed by atoms with van der Waals surface area (Å²) in [4.78, 5) is 11.9. The Bertz CT molecular complexity index is 527. The number of hydrogen-bond acceptors (Lipinski definition) is 4. The fourth-order valence-corrected chi connectivity index (χ4v) is 1.87. The van der Waals surface area contributed by atoms with Crippen LogP contribution in [-0.4, -0.2) is 22.2 Å². The summed E-state index contributed by atoms with van der Waals surface area (Å²) in [6.07, 6.45) is 0.807. The molecule has 2 N–H and O–H groups in total. The predicted octanol–water partition coefficient (Wildman–Crippen LogP) is 3.07. The Morgan fingerprint density at radius 3 is 2.17 bits per heavy atom. The molecule has 100 valence electrons. The largest absolute Gasteiger partial charge is 0.444 e. The molecule has 1 amide bonds. The second kappa shape index (κ2) is 4.97. The lowest BCUT2D eigenvalue weighted by atomic mass is 10.2. The first-order valence-electron chi connectivity index (χ1n) is 5.42. The monoisotopic (exact) mass is 270 g/mol. The molecule has 18 heavy (non-hydrogen) atoms. The number of carbonyl (C=O) groups excluding carboxylic acids is 1. The van der Waals surface area contributed by atoms with E-state index in [1.807, 2.05) is 0 Å². The van der Waals surface area contributed by atoms with Gasteiger partial charge < -0.3 is 4.74 Å². The molecule has 0 saturated carbocycles. The van der Waals surface area contributed by atoms with Gasteiger partial charge in [-0.1, -0.05) is 0 Å². The van der Waals surface area contributed by atoms with Gasteiger partial charge in [0.15, 0.2) is 0 Å². The molecule has 1 rings (SSSR count). The second-order valence-corrected chi connectivity index (χ2v) is 7.15. The van der Waals surface area contributed by atoms with Crippen LogP contribution >= 0.6 is 0 Å². The van der Waals surface area contributed by atoms with Crippen molar-refractivity contribution in [3.8, 4) is 0 Å². The third-order valence-electron chi connectivity index (χ3n) is 1.95. The number of nitrogens with one attached hydrogen (secondary N) is 2. The normalized spacial score (nSPS) is 14.7. The Hall–Kier alpha value is -1.56. The van der Waals surface area contributed by atoms with E-state index in [0.29, 0.717) is 10.6 Å². The number of hydrogen-bond donors (Lipinski definition) is 2. The van der Waals surface area contributed by atoms with E-state index < -0.39 is 21.4 Å². The molecule has 0 heterocycles. The van der Waals surface area contributed by atoms with Crippen LogP contribution in [0.2, 0.25) is 0 Å². The summed E-state index contributed by atoms with van der Waals surface area (Å²) in [6.45, 7) is 5.34. The van der Waals surface area contributed by atoms with Crippen molar-refractivity contribution in [2.75, 3.05) is 11.6 Å². The maximum Gasteiger partial charge on any atom is 0.412 e. The van der Waals surface area contributed by atoms with Gasteiger partial charge in [0, 0.05) is 16.8 Å². The molecule has 0 spiro atoms. The Labute approximate surface area is 108 Å². The molecule has 0 unspecified atom stereocenters. The highest BCUT2D eigenvalue weighted by Crippen LogP contribution is 2.15. The van der Waals surface area contributed by atoms with E-state index in [4.69, 9.17) is 9.52 Å². The highest BCUT2D eigenvalue weighted by Gasteiger charge is 2.16. The van der Waals surface area contributed by atoms with Gasteiger partial charge in [-0.15, -0.1) is 0 Å². The van der Waals surface area contributed by atoms with Crippen molar-refractivity contribution in [2.45, 2.75) is 31.3 Å². The molecule has 0 aliphatic rings. The van der Waals surface area contributed by atoms with E-state index >= 15 is 0 Å². The summed E-state index contributed by atoms with van der Waals surface area (Å²) in [5.41, 5.74) is -0.0141. The molecule has 1 aromatic rings. The maximum absolute atomic E-state index is 11.5. The topological polar surface area (TPSA) is 79.2 Å². The lowest BCUT2D eigenvalue weighted by molar-refractivity contribution is 0.0636. The quantitative estimate of drug-likeness (QED) is 0.866. The SMILES string of the molecule is CC(C)(C)OC(=O)Nc1ccc([S@](C)(=N)=O)cc1. The zero-order chi connectivity index (χ0) is 14.0. The Kier molecular flexibility index (Phi) is 4.01. The van der Waals surface area contributed by atoms with Crippen LogP contribution in [0.5, 0.6) is 0 Å². The van der Waals surface area contributed by atoms with Crippen molar-refractivity contribution < 1.29 is 13.7 Å². The minimum Gasteiger partial charge on any atom is -0.444 e. The first-order valence-corrected chi connectivity index (χ1v) is 7.38. The second-order valence-electron chi connectivity index (χ2n) is 4.99. The standard InChI is InChI=1S/C12H18N2O3S/c1-12(2,3)17-11(15)14-9-5-7-10(8-6-9)18(4,13)16/h5-8,13H,1-4H3,(H,14,15)/t18-/m1/s1. The van der Waals surface area contributed by atoms with Gasteiger partial charge in [-0.3, -0.25) is 5.32 Å². The van der Waals surface area contributed by atoms with Crippen LogP contribution in [0.25, 0.3) is 0 Å². The van der Waals surface area contributed by atoms with Gasteiger partial charge in [-0.2, -0.15) is 0 Å². The minimum atomic E-state index is -2.72. The summed E-state index contributed by atoms with van der Waals surface area (Å²) in [6, 6.07) is 6.30. The van der Waals surface area contributed by atoms with Crippen molar-refractivity contribution in [3.63, 3.8) is 0 Å². The molecule has 0 saturated heterocycles. The Balaban J connectivity index is 2.73. The van der Waals surface area contributed by atoms with Gasteiger partial charge in [0.25, 0.3) is 0 Å². The summed E-state index contributed by atoms with van der Waals surface area (Å²) in [5.74, 6) is 0. The summed E-state index contributed by atoms with van der Waals surface area (Å²) < 4.78 is 24.0. The average Bonchev–Trinajstić information content (AvgIpc) is 2.13. The maximum atomic E-state index is 11.5. The summed E-state index contributed by atoms with van der Waals surface area (Å²) in [5, 5.41) is 2.56. The lowest BCUT2D eigenvalue weighted by Crippen LogP contribution is -2.27. The van der Waals surface area contributed by atoms with Crippen LogP contribution in [0.4, 0.5) is 10.5 Å². The van der Waals surface area contributed by atoms with E-state index in [0.717, 1.165) is 0 Å². The van der Waals surface area contributed by atoms with Gasteiger partial charge in [-0.25, -0.2) is 13.8 Å². The molecule has 0 radical (unpaired) electrons. The van der Waals surface area contributed by atoms with Crippen LogP contribution < -0.4 is 5.32 Å². The van der Waals surface area contributed by atoms with Crippen LogP contribution in [0.1, 0.15) is 20.8 Å². The summed E-state index contributed by atoms with van der Waals surface area (Å²) in [7, 11) is -2.72. The van der Waals surface area contributed by atoms with Crippen molar-refractivity contribution in [2.24, 2.45) is 0 Å². The van der Waals surface area contributed by atoms with Crippen LogP contribution in [0, 0.1) is 4.78 Å². The summed E-state index contributed by atoms with van der Waals surface area (Å²) >= 11 is 0. The van der Waals surface area contributed by atoms with Crippen molar-refractivity contribution in [3.05, 3.63) is 24.3 Å². The van der Waals surface area contributed by atoms with Crippen molar-refractivity contribution in [1.29, 1.82) is 4.78 Å². The first-order chi connectivity index (χ1) is 8.08. The average molecular weight is 270 g/mol. The molecule has 0 aliphatic carbocycles. The molecule has 1 atom stereocenters. The third kappa shape index (κ3) is 4.75. The molecule has 0 aromatic heterocycles. The zero-order valence-electron chi connectivity index (χ0n) is 10.9. The van der Waals surface area contributed by atoms with E-state index in [2.05, 4.69) is 5.32 Å². The number of amides is 1. The first kappa shape index (κ1) is 14.5. The molecule has 0 fully saturated rings. The fourth-order valence-electron chi connectivity index (χ4n) is 1.22. The molecule has 0 aliphatic heterocycles. The van der Waals surface area contributed by atoms with Gasteiger partial charge in [0.1, 0.15) is 5.60 Å². The molecular formula is C12H18N2O3S. The van der Waals surface area contributed by atoms with Crippen LogP contribution in [0.15, 0.2) is 29.2 Å². The molecule has 0 bridgehead atoms. The zero-order valence-corrected chi connectivity index (χ0v) is 11.8.